The molecule has 0 radical (unpaired) electrons. The first-order valence-electron chi connectivity index (χ1n) is 9.67. The summed E-state index contributed by atoms with van der Waals surface area (Å²) in [6, 6.07) is 5.16. The molecule has 0 spiro atoms. The third kappa shape index (κ3) is 13.1. The minimum atomic E-state index is 0. The molecule has 0 saturated carbocycles. The van der Waals surface area contributed by atoms with Gasteiger partial charge in [0.2, 0.25) is 0 Å². The zero-order valence-electron chi connectivity index (χ0n) is 19.4. The van der Waals surface area contributed by atoms with Gasteiger partial charge in [-0.05, 0) is 29.2 Å². The van der Waals surface area contributed by atoms with Crippen LogP contribution in [0.3, 0.4) is 0 Å². The zero-order valence-corrected chi connectivity index (χ0v) is 23.3. The summed E-state index contributed by atoms with van der Waals surface area (Å²) in [6.45, 7) is 19.3. The Hall–Kier alpha value is -0.0457. The Labute approximate surface area is 208 Å². The SMILES string of the molecule is CC(C)(C)c1cc(O)cc(Cl)c1.CC1=[C-]C(C)C(C)=C1C.CC[C](=[Ti+])CC.Cl.Cl. The van der Waals surface area contributed by atoms with Gasteiger partial charge in [-0.3, -0.25) is 6.08 Å². The van der Waals surface area contributed by atoms with Crippen molar-refractivity contribution in [2.75, 3.05) is 0 Å². The van der Waals surface area contributed by atoms with Gasteiger partial charge in [0, 0.05) is 5.02 Å². The number of allylic oxidation sites excluding steroid dienone is 4. The molecule has 0 bridgehead atoms. The summed E-state index contributed by atoms with van der Waals surface area (Å²) in [6.07, 6.45) is 5.85. The Morgan fingerprint density at radius 2 is 1.55 bits per heavy atom. The Bertz CT molecular complexity index is 674. The van der Waals surface area contributed by atoms with Crippen molar-refractivity contribution in [1.29, 1.82) is 0 Å². The van der Waals surface area contributed by atoms with Crippen LogP contribution in [0.4, 0.5) is 0 Å². The Morgan fingerprint density at radius 3 is 1.76 bits per heavy atom. The van der Waals surface area contributed by atoms with Gasteiger partial charge < -0.3 is 5.11 Å². The zero-order chi connectivity index (χ0) is 21.4. The van der Waals surface area contributed by atoms with Gasteiger partial charge in [-0.15, -0.1) is 31.7 Å². The first-order chi connectivity index (χ1) is 12.3. The molecule has 1 nitrogen and oxygen atoms in total. The molecular weight excluding hydrogens is 458 g/mol. The van der Waals surface area contributed by atoms with Gasteiger partial charge in [-0.2, -0.15) is 11.1 Å². The Kier molecular flexibility index (Phi) is 18.2. The summed E-state index contributed by atoms with van der Waals surface area (Å²) in [4.78, 5) is 0. The van der Waals surface area contributed by atoms with Gasteiger partial charge in [0.15, 0.2) is 0 Å². The number of aromatic hydroxyl groups is 1. The molecule has 0 fully saturated rings. The molecule has 165 valence electrons. The second-order valence-corrected chi connectivity index (χ2v) is 9.60. The van der Waals surface area contributed by atoms with Crippen LogP contribution >= 0.6 is 36.4 Å². The van der Waals surface area contributed by atoms with Crippen molar-refractivity contribution in [3.63, 3.8) is 0 Å². The van der Waals surface area contributed by atoms with Crippen LogP contribution in [0.15, 0.2) is 34.9 Å². The van der Waals surface area contributed by atoms with Crippen LogP contribution in [0.2, 0.25) is 5.02 Å². The van der Waals surface area contributed by atoms with E-state index in [0.29, 0.717) is 10.9 Å². The van der Waals surface area contributed by atoms with Gasteiger partial charge in [-0.25, -0.2) is 5.57 Å². The molecule has 1 atom stereocenters. The summed E-state index contributed by atoms with van der Waals surface area (Å²) in [5.41, 5.74) is 5.32. The van der Waals surface area contributed by atoms with Crippen LogP contribution in [0.25, 0.3) is 0 Å². The Balaban J connectivity index is -0.000000357. The minimum absolute atomic E-state index is 0. The van der Waals surface area contributed by atoms with Crippen molar-refractivity contribution in [3.05, 3.63) is 51.6 Å². The van der Waals surface area contributed by atoms with E-state index in [1.165, 1.54) is 35.6 Å². The van der Waals surface area contributed by atoms with Crippen LogP contribution in [0, 0.1) is 12.0 Å². The minimum Gasteiger partial charge on any atom is -0.147 e. The van der Waals surface area contributed by atoms with Gasteiger partial charge in [0.05, 0.1) is 0 Å². The summed E-state index contributed by atoms with van der Waals surface area (Å²) < 4.78 is 1.59. The molecule has 1 unspecified atom stereocenters. The van der Waals surface area contributed by atoms with Crippen LogP contribution in [0.1, 0.15) is 80.7 Å². The first kappa shape index (κ1) is 33.6. The van der Waals surface area contributed by atoms with E-state index in [2.05, 4.69) is 88.4 Å². The average Bonchev–Trinajstić information content (AvgIpc) is 2.79. The van der Waals surface area contributed by atoms with Crippen LogP contribution in [-0.2, 0) is 25.4 Å². The molecule has 1 aromatic rings. The summed E-state index contributed by atoms with van der Waals surface area (Å²) in [5.74, 6) is 0.789. The quantitative estimate of drug-likeness (QED) is 0.322. The van der Waals surface area contributed by atoms with Crippen molar-refractivity contribution < 1.29 is 25.1 Å². The molecule has 0 saturated heterocycles. The van der Waals surface area contributed by atoms with E-state index in [9.17, 15) is 5.11 Å². The topological polar surface area (TPSA) is 20.2 Å². The maximum atomic E-state index is 9.27. The number of phenols is 1. The normalized spacial score (nSPS) is 15.0. The van der Waals surface area contributed by atoms with Gasteiger partial charge in [0.1, 0.15) is 5.75 Å². The van der Waals surface area contributed by atoms with Crippen molar-refractivity contribution in [1.82, 2.24) is 0 Å². The molecule has 1 N–H and O–H groups in total. The maximum absolute atomic E-state index is 9.27. The number of halogens is 3. The predicted molar refractivity (Wildman–Crippen MR) is 132 cm³/mol. The summed E-state index contributed by atoms with van der Waals surface area (Å²) in [7, 11) is 0. The number of phenolic OH excluding ortho intramolecular Hbond substituents is 1. The molecule has 29 heavy (non-hydrogen) atoms. The molecule has 0 aliphatic heterocycles. The van der Waals surface area contributed by atoms with E-state index in [-0.39, 0.29) is 36.0 Å². The van der Waals surface area contributed by atoms with E-state index < -0.39 is 0 Å². The Morgan fingerprint density at radius 1 is 1.07 bits per heavy atom. The number of hydrogen-bond donors (Lipinski definition) is 1. The molecule has 2 rings (SSSR count). The summed E-state index contributed by atoms with van der Waals surface area (Å²) >= 11 is 7.99. The van der Waals surface area contributed by atoms with Crippen molar-refractivity contribution in [3.8, 4) is 5.75 Å². The maximum Gasteiger partial charge on any atom is -0.147 e. The summed E-state index contributed by atoms with van der Waals surface area (Å²) in [5, 5.41) is 9.86. The average molecular weight is 497 g/mol. The van der Waals surface area contributed by atoms with Gasteiger partial charge in [0.25, 0.3) is 0 Å². The molecule has 0 amide bonds. The van der Waals surface area contributed by atoms with Crippen LogP contribution in [0.5, 0.6) is 5.75 Å². The third-order valence-electron chi connectivity index (χ3n) is 4.84. The van der Waals surface area contributed by atoms with E-state index in [0.717, 1.165) is 5.56 Å². The third-order valence-corrected chi connectivity index (χ3v) is 6.16. The fourth-order valence-electron chi connectivity index (χ4n) is 2.42. The molecule has 0 heterocycles. The number of hydrogen-bond acceptors (Lipinski definition) is 1. The van der Waals surface area contributed by atoms with E-state index in [4.69, 9.17) is 11.6 Å². The molecule has 1 aliphatic carbocycles. The predicted octanol–water partition coefficient (Wildman–Crippen LogP) is 8.43. The second kappa shape index (κ2) is 15.7. The fraction of sp³-hybridized carbons (Fsp3) is 0.542. The molecule has 5 heteroatoms. The van der Waals surface area contributed by atoms with Crippen LogP contribution in [-0.4, -0.2) is 8.92 Å². The first-order valence-corrected chi connectivity index (χ1v) is 10.8. The monoisotopic (exact) mass is 495 g/mol. The van der Waals surface area contributed by atoms with E-state index >= 15 is 0 Å². The fourth-order valence-corrected chi connectivity index (χ4v) is 2.65. The molecular formula is C24H38Cl3OTi. The smallest absolute Gasteiger partial charge is 0.147 e. The molecule has 0 aromatic heterocycles. The van der Waals surface area contributed by atoms with Crippen molar-refractivity contribution in [2.24, 2.45) is 5.92 Å². The number of benzene rings is 1. The van der Waals surface area contributed by atoms with E-state index in [1.54, 1.807) is 9.88 Å². The van der Waals surface area contributed by atoms with Crippen molar-refractivity contribution in [2.45, 2.75) is 80.6 Å². The molecule has 1 aliphatic rings. The number of rotatable bonds is 2. The standard InChI is InChI=1S/C10H13ClO.C9H13.C5H10.2ClH.Ti/c1-10(2,3)7-4-8(11)6-9(12)5-7;1-6-5-7(2)9(4)8(6)3;1-3-5-4-2;;;/h4-6,12H,1-3H3;6H,1-4H3;3-4H2,1-2H3;2*1H;/q;-1;;;;+1. The largest absolute Gasteiger partial charge is 0.147 e. The second-order valence-electron chi connectivity index (χ2n) is 8.06. The van der Waals surface area contributed by atoms with Crippen LogP contribution < -0.4 is 0 Å². The van der Waals surface area contributed by atoms with Gasteiger partial charge >= 0.3 is 50.5 Å². The van der Waals surface area contributed by atoms with Crippen molar-refractivity contribution >= 4 is 40.2 Å². The van der Waals surface area contributed by atoms with E-state index in [1.807, 2.05) is 6.07 Å². The van der Waals surface area contributed by atoms with Gasteiger partial charge in [-0.1, -0.05) is 59.1 Å². The molecule has 1 aromatic carbocycles.